The van der Waals surface area contributed by atoms with Crippen LogP contribution in [0.15, 0.2) is 22.8 Å². The summed E-state index contributed by atoms with van der Waals surface area (Å²) >= 11 is 3.29. The van der Waals surface area contributed by atoms with Gasteiger partial charge in [-0.2, -0.15) is 0 Å². The molecule has 0 bridgehead atoms. The van der Waals surface area contributed by atoms with Crippen LogP contribution in [0.4, 0.5) is 0 Å². The molecule has 1 aromatic heterocycles. The van der Waals surface area contributed by atoms with Gasteiger partial charge in [0.25, 0.3) is 5.91 Å². The minimum Gasteiger partial charge on any atom is -0.481 e. The molecular weight excluding hydrogens is 324 g/mol. The lowest BCUT2D eigenvalue weighted by atomic mass is 9.97. The Morgan fingerprint density at radius 3 is 2.80 bits per heavy atom. The Morgan fingerprint density at radius 2 is 2.15 bits per heavy atom. The number of aliphatic carboxylic acids is 1. The third kappa shape index (κ3) is 4.03. The second kappa shape index (κ2) is 6.83. The van der Waals surface area contributed by atoms with Crippen LogP contribution in [-0.2, 0) is 4.79 Å². The number of carbonyl (C=O) groups is 2. The maximum absolute atomic E-state index is 12.3. The summed E-state index contributed by atoms with van der Waals surface area (Å²) in [6.45, 7) is 1.28. The predicted molar refractivity (Wildman–Crippen MR) is 77.4 cm³/mol. The molecule has 0 radical (unpaired) electrons. The highest BCUT2D eigenvalue weighted by molar-refractivity contribution is 9.10. The highest BCUT2D eigenvalue weighted by Gasteiger charge is 2.23. The van der Waals surface area contributed by atoms with Crippen LogP contribution >= 0.6 is 15.9 Å². The zero-order chi connectivity index (χ0) is 14.5. The first-order valence-corrected chi connectivity index (χ1v) is 7.48. The van der Waals surface area contributed by atoms with Gasteiger partial charge in [0, 0.05) is 30.2 Å². The normalized spacial score (nSPS) is 19.4. The topological polar surface area (TPSA) is 70.5 Å². The third-order valence-electron chi connectivity index (χ3n) is 3.54. The summed E-state index contributed by atoms with van der Waals surface area (Å²) in [7, 11) is 0. The zero-order valence-corrected chi connectivity index (χ0v) is 12.7. The molecule has 0 aliphatic carbocycles. The van der Waals surface area contributed by atoms with Crippen molar-refractivity contribution in [1.82, 2.24) is 9.88 Å². The molecule has 108 valence electrons. The average Bonchev–Trinajstić information content (AvgIpc) is 2.64. The van der Waals surface area contributed by atoms with Crippen LogP contribution in [-0.4, -0.2) is 40.0 Å². The van der Waals surface area contributed by atoms with Gasteiger partial charge in [-0.05, 0) is 53.2 Å². The van der Waals surface area contributed by atoms with Crippen LogP contribution < -0.4 is 0 Å². The Bertz CT molecular complexity index is 490. The summed E-state index contributed by atoms with van der Waals surface area (Å²) in [5.74, 6) is -0.666. The summed E-state index contributed by atoms with van der Waals surface area (Å²) in [6.07, 6.45) is 4.26. The molecule has 1 aromatic rings. The van der Waals surface area contributed by atoms with Gasteiger partial charge in [0.15, 0.2) is 0 Å². The van der Waals surface area contributed by atoms with Crippen LogP contribution in [0.25, 0.3) is 0 Å². The maximum Gasteiger partial charge on any atom is 0.303 e. The number of aromatic nitrogens is 1. The molecular formula is C14H17BrN2O3. The number of carboxylic acids is 1. The number of hydrogen-bond donors (Lipinski definition) is 1. The second-order valence-electron chi connectivity index (χ2n) is 5.05. The maximum atomic E-state index is 12.3. The van der Waals surface area contributed by atoms with Crippen molar-refractivity contribution in [3.63, 3.8) is 0 Å². The number of amides is 1. The largest absolute Gasteiger partial charge is 0.481 e. The van der Waals surface area contributed by atoms with Crippen molar-refractivity contribution in [2.24, 2.45) is 5.92 Å². The number of pyridine rings is 1. The summed E-state index contributed by atoms with van der Waals surface area (Å²) in [4.78, 5) is 29.0. The molecule has 2 heterocycles. The van der Waals surface area contributed by atoms with Crippen molar-refractivity contribution in [2.75, 3.05) is 13.1 Å². The Morgan fingerprint density at radius 1 is 1.35 bits per heavy atom. The van der Waals surface area contributed by atoms with Gasteiger partial charge in [-0.25, -0.2) is 4.98 Å². The van der Waals surface area contributed by atoms with Crippen molar-refractivity contribution in [2.45, 2.75) is 25.7 Å². The van der Waals surface area contributed by atoms with Gasteiger partial charge in [0.1, 0.15) is 5.69 Å². The SMILES string of the molecule is O=C(O)C[C@@H]1CCCN(C(=O)c2ccc(Br)cn2)CC1. The standard InChI is InChI=1S/C14H17BrN2O3/c15-11-3-4-12(16-9-11)14(20)17-6-1-2-10(5-7-17)8-13(18)19/h3-4,9-10H,1-2,5-8H2,(H,18,19)/t10-/m1/s1. The van der Waals surface area contributed by atoms with Gasteiger partial charge in [0.2, 0.25) is 0 Å². The van der Waals surface area contributed by atoms with E-state index in [4.69, 9.17) is 5.11 Å². The summed E-state index contributed by atoms with van der Waals surface area (Å²) in [5.41, 5.74) is 0.435. The summed E-state index contributed by atoms with van der Waals surface area (Å²) in [5, 5.41) is 8.84. The van der Waals surface area contributed by atoms with Crippen molar-refractivity contribution >= 4 is 27.8 Å². The monoisotopic (exact) mass is 340 g/mol. The molecule has 1 aliphatic rings. The Hall–Kier alpha value is -1.43. The molecule has 2 rings (SSSR count). The number of hydrogen-bond acceptors (Lipinski definition) is 3. The molecule has 0 spiro atoms. The van der Waals surface area contributed by atoms with E-state index in [1.165, 1.54) is 0 Å². The minimum atomic E-state index is -0.760. The van der Waals surface area contributed by atoms with Crippen LogP contribution in [0, 0.1) is 5.92 Å². The fraction of sp³-hybridized carbons (Fsp3) is 0.500. The van der Waals surface area contributed by atoms with Crippen molar-refractivity contribution < 1.29 is 14.7 Å². The third-order valence-corrected chi connectivity index (χ3v) is 4.01. The van der Waals surface area contributed by atoms with Crippen LogP contribution in [0.2, 0.25) is 0 Å². The number of likely N-dealkylation sites (tertiary alicyclic amines) is 1. The Labute approximate surface area is 126 Å². The molecule has 1 fully saturated rings. The molecule has 20 heavy (non-hydrogen) atoms. The van der Waals surface area contributed by atoms with Crippen LogP contribution in [0.3, 0.4) is 0 Å². The number of rotatable bonds is 3. The number of nitrogens with zero attached hydrogens (tertiary/aromatic N) is 2. The Balaban J connectivity index is 1.97. The van der Waals surface area contributed by atoms with Crippen molar-refractivity contribution in [3.05, 3.63) is 28.5 Å². The van der Waals surface area contributed by atoms with Crippen LogP contribution in [0.1, 0.15) is 36.2 Å². The van der Waals surface area contributed by atoms with E-state index in [2.05, 4.69) is 20.9 Å². The predicted octanol–water partition coefficient (Wildman–Crippen LogP) is 2.56. The van der Waals surface area contributed by atoms with E-state index in [1.807, 2.05) is 0 Å². The summed E-state index contributed by atoms with van der Waals surface area (Å²) in [6, 6.07) is 3.50. The first kappa shape index (κ1) is 15.0. The van der Waals surface area contributed by atoms with E-state index in [-0.39, 0.29) is 18.2 Å². The fourth-order valence-electron chi connectivity index (χ4n) is 2.48. The van der Waals surface area contributed by atoms with Gasteiger partial charge in [-0.15, -0.1) is 0 Å². The van der Waals surface area contributed by atoms with Gasteiger partial charge in [-0.3, -0.25) is 9.59 Å². The molecule has 1 atom stereocenters. The average molecular weight is 341 g/mol. The lowest BCUT2D eigenvalue weighted by molar-refractivity contribution is -0.138. The van der Waals surface area contributed by atoms with Crippen LogP contribution in [0.5, 0.6) is 0 Å². The van der Waals surface area contributed by atoms with E-state index < -0.39 is 5.97 Å². The molecule has 0 saturated carbocycles. The molecule has 0 aromatic carbocycles. The first-order chi connectivity index (χ1) is 9.56. The zero-order valence-electron chi connectivity index (χ0n) is 11.1. The lowest BCUT2D eigenvalue weighted by Gasteiger charge is -2.20. The molecule has 0 unspecified atom stereocenters. The van der Waals surface area contributed by atoms with E-state index in [0.717, 1.165) is 23.7 Å². The smallest absolute Gasteiger partial charge is 0.303 e. The number of carbonyl (C=O) groups excluding carboxylic acids is 1. The summed E-state index contributed by atoms with van der Waals surface area (Å²) < 4.78 is 0.839. The van der Waals surface area contributed by atoms with Gasteiger partial charge >= 0.3 is 5.97 Å². The lowest BCUT2D eigenvalue weighted by Crippen LogP contribution is -2.32. The van der Waals surface area contributed by atoms with Crippen molar-refractivity contribution in [1.29, 1.82) is 0 Å². The number of carboxylic acid groups (broad SMARTS) is 1. The molecule has 1 amide bonds. The number of halogens is 1. The molecule has 5 nitrogen and oxygen atoms in total. The molecule has 1 N–H and O–H groups in total. The Kier molecular flexibility index (Phi) is 5.11. The van der Waals surface area contributed by atoms with E-state index in [1.54, 1.807) is 23.2 Å². The molecule has 1 saturated heterocycles. The van der Waals surface area contributed by atoms with Gasteiger partial charge in [-0.1, -0.05) is 0 Å². The van der Waals surface area contributed by atoms with E-state index in [0.29, 0.717) is 18.8 Å². The molecule has 6 heteroatoms. The van der Waals surface area contributed by atoms with Gasteiger partial charge < -0.3 is 10.0 Å². The fourth-order valence-corrected chi connectivity index (χ4v) is 2.72. The minimum absolute atomic E-state index is 0.0755. The van der Waals surface area contributed by atoms with Gasteiger partial charge in [0.05, 0.1) is 0 Å². The van der Waals surface area contributed by atoms with E-state index >= 15 is 0 Å². The quantitative estimate of drug-likeness (QED) is 0.917. The highest BCUT2D eigenvalue weighted by atomic mass is 79.9. The van der Waals surface area contributed by atoms with Crippen molar-refractivity contribution in [3.8, 4) is 0 Å². The van der Waals surface area contributed by atoms with E-state index in [9.17, 15) is 9.59 Å². The second-order valence-corrected chi connectivity index (χ2v) is 5.96. The molecule has 1 aliphatic heterocycles. The highest BCUT2D eigenvalue weighted by Crippen LogP contribution is 2.21. The first-order valence-electron chi connectivity index (χ1n) is 6.69.